The Morgan fingerprint density at radius 3 is 2.92 bits per heavy atom. The lowest BCUT2D eigenvalue weighted by Crippen LogP contribution is -2.20. The minimum Gasteiger partial charge on any atom is -0.346 e. The molecule has 1 unspecified atom stereocenters. The fraction of sp³-hybridized carbons (Fsp3) is 0.353. The summed E-state index contributed by atoms with van der Waals surface area (Å²) >= 11 is 1.64. The van der Waals surface area contributed by atoms with Gasteiger partial charge in [-0.3, -0.25) is 15.2 Å². The molecule has 3 aromatic heterocycles. The zero-order valence-electron chi connectivity index (χ0n) is 13.2. The second-order valence-corrected chi connectivity index (χ2v) is 6.91. The first-order valence-electron chi connectivity index (χ1n) is 8.16. The van der Waals surface area contributed by atoms with Gasteiger partial charge in [-0.1, -0.05) is 6.42 Å². The summed E-state index contributed by atoms with van der Waals surface area (Å²) in [6.07, 6.45) is 7.85. The average molecular weight is 341 g/mol. The fourth-order valence-corrected chi connectivity index (χ4v) is 3.67. The maximum Gasteiger partial charge on any atom is 0.248 e. The van der Waals surface area contributed by atoms with Gasteiger partial charge < -0.3 is 4.57 Å². The van der Waals surface area contributed by atoms with Gasteiger partial charge >= 0.3 is 0 Å². The van der Waals surface area contributed by atoms with Crippen LogP contribution in [0, 0.1) is 0 Å². The second-order valence-electron chi connectivity index (χ2n) is 6.13. The second kappa shape index (κ2) is 6.60. The molecule has 0 radical (unpaired) electrons. The molecular formula is C17H19N5OS. The molecule has 2 N–H and O–H groups in total. The first-order chi connectivity index (χ1) is 11.8. The average Bonchev–Trinajstić information content (AvgIpc) is 3.26. The van der Waals surface area contributed by atoms with Crippen LogP contribution in [0.15, 0.2) is 41.4 Å². The van der Waals surface area contributed by atoms with E-state index in [9.17, 15) is 4.79 Å². The molecule has 0 saturated heterocycles. The minimum atomic E-state index is -0.0842. The van der Waals surface area contributed by atoms with E-state index in [4.69, 9.17) is 0 Å². The molecule has 0 aromatic carbocycles. The third kappa shape index (κ3) is 3.12. The topological polar surface area (TPSA) is 75.6 Å². The Balaban J connectivity index is 1.44. The molecule has 0 spiro atoms. The Kier molecular flexibility index (Phi) is 4.17. The molecule has 4 rings (SSSR count). The van der Waals surface area contributed by atoms with Crippen LogP contribution in [-0.4, -0.2) is 25.7 Å². The third-order valence-corrected chi connectivity index (χ3v) is 5.24. The molecule has 3 aromatic rings. The van der Waals surface area contributed by atoms with Crippen molar-refractivity contribution in [1.82, 2.24) is 19.7 Å². The van der Waals surface area contributed by atoms with Crippen molar-refractivity contribution in [3.63, 3.8) is 0 Å². The number of amides is 1. The van der Waals surface area contributed by atoms with Crippen molar-refractivity contribution >= 4 is 23.2 Å². The van der Waals surface area contributed by atoms with Gasteiger partial charge in [0.1, 0.15) is 5.82 Å². The number of carbonyl (C=O) groups excluding carboxylic acids is 1. The highest BCUT2D eigenvalue weighted by molar-refractivity contribution is 7.08. The van der Waals surface area contributed by atoms with Crippen molar-refractivity contribution < 1.29 is 4.79 Å². The Morgan fingerprint density at radius 1 is 1.42 bits per heavy atom. The van der Waals surface area contributed by atoms with Crippen molar-refractivity contribution in [2.75, 3.05) is 5.32 Å². The van der Waals surface area contributed by atoms with Crippen molar-refractivity contribution in [3.8, 4) is 0 Å². The Morgan fingerprint density at radius 2 is 2.25 bits per heavy atom. The normalized spacial score (nSPS) is 15.8. The van der Waals surface area contributed by atoms with E-state index < -0.39 is 0 Å². The van der Waals surface area contributed by atoms with Crippen LogP contribution in [0.3, 0.4) is 0 Å². The SMILES string of the molecule is O=C(CC(c1ccsc1)n1cccc1)Nc1n[nH]c(C2CCC2)n1. The van der Waals surface area contributed by atoms with Gasteiger partial charge in [0.25, 0.3) is 0 Å². The summed E-state index contributed by atoms with van der Waals surface area (Å²) in [7, 11) is 0. The van der Waals surface area contributed by atoms with Gasteiger partial charge in [0, 0.05) is 18.3 Å². The summed E-state index contributed by atoms with van der Waals surface area (Å²) in [4.78, 5) is 16.9. The van der Waals surface area contributed by atoms with Crippen LogP contribution in [0.2, 0.25) is 0 Å². The van der Waals surface area contributed by atoms with Gasteiger partial charge in [-0.05, 0) is 47.4 Å². The van der Waals surface area contributed by atoms with Crippen LogP contribution in [0.1, 0.15) is 49.0 Å². The zero-order chi connectivity index (χ0) is 16.4. The summed E-state index contributed by atoms with van der Waals surface area (Å²) in [5.41, 5.74) is 1.14. The lowest BCUT2D eigenvalue weighted by Gasteiger charge is -2.22. The maximum atomic E-state index is 12.5. The number of aromatic nitrogens is 4. The number of anilines is 1. The van der Waals surface area contributed by atoms with Crippen LogP contribution >= 0.6 is 11.3 Å². The van der Waals surface area contributed by atoms with Gasteiger partial charge in [-0.2, -0.15) is 16.3 Å². The first-order valence-corrected chi connectivity index (χ1v) is 9.10. The number of hydrogen-bond donors (Lipinski definition) is 2. The van der Waals surface area contributed by atoms with Crippen LogP contribution in [0.5, 0.6) is 0 Å². The molecule has 1 aliphatic carbocycles. The summed E-state index contributed by atoms with van der Waals surface area (Å²) in [6.45, 7) is 0. The quantitative estimate of drug-likeness (QED) is 0.720. The summed E-state index contributed by atoms with van der Waals surface area (Å²) in [5, 5.41) is 14.0. The molecular weight excluding hydrogens is 322 g/mol. The van der Waals surface area contributed by atoms with Crippen LogP contribution in [0.4, 0.5) is 5.95 Å². The van der Waals surface area contributed by atoms with Gasteiger partial charge in [0.05, 0.1) is 12.5 Å². The minimum absolute atomic E-state index is 0.0173. The largest absolute Gasteiger partial charge is 0.346 e. The molecule has 1 atom stereocenters. The van der Waals surface area contributed by atoms with E-state index in [1.54, 1.807) is 11.3 Å². The molecule has 1 fully saturated rings. The molecule has 1 amide bonds. The van der Waals surface area contributed by atoms with E-state index in [1.807, 2.05) is 29.9 Å². The van der Waals surface area contributed by atoms with Gasteiger partial charge in [0.2, 0.25) is 11.9 Å². The lowest BCUT2D eigenvalue weighted by atomic mass is 9.85. The van der Waals surface area contributed by atoms with Crippen LogP contribution < -0.4 is 5.32 Å². The van der Waals surface area contributed by atoms with E-state index in [-0.39, 0.29) is 11.9 Å². The van der Waals surface area contributed by atoms with E-state index in [1.165, 1.54) is 6.42 Å². The molecule has 7 heteroatoms. The highest BCUT2D eigenvalue weighted by Gasteiger charge is 2.24. The molecule has 0 bridgehead atoms. The predicted octanol–water partition coefficient (Wildman–Crippen LogP) is 3.55. The Hall–Kier alpha value is -2.41. The maximum absolute atomic E-state index is 12.5. The van der Waals surface area contributed by atoms with Gasteiger partial charge in [-0.25, -0.2) is 0 Å². The standard InChI is InChI=1S/C17H19N5OS/c23-15(18-17-19-16(20-21-17)12-4-3-5-12)10-14(13-6-9-24-11-13)22-7-1-2-8-22/h1-2,6-9,11-12,14H,3-5,10H2,(H2,18,19,20,21,23). The number of aromatic amines is 1. The molecule has 0 aliphatic heterocycles. The number of nitrogens with zero attached hydrogens (tertiary/aromatic N) is 3. The molecule has 124 valence electrons. The Bertz CT molecular complexity index is 755. The Labute approximate surface area is 143 Å². The van der Waals surface area contributed by atoms with E-state index in [2.05, 4.69) is 36.5 Å². The number of carbonyl (C=O) groups is 1. The van der Waals surface area contributed by atoms with Gasteiger partial charge in [0.15, 0.2) is 0 Å². The van der Waals surface area contributed by atoms with Crippen LogP contribution in [-0.2, 0) is 4.79 Å². The van der Waals surface area contributed by atoms with Crippen molar-refractivity contribution in [2.24, 2.45) is 0 Å². The van der Waals surface area contributed by atoms with E-state index >= 15 is 0 Å². The van der Waals surface area contributed by atoms with Gasteiger partial charge in [-0.15, -0.1) is 5.10 Å². The van der Waals surface area contributed by atoms with Crippen LogP contribution in [0.25, 0.3) is 0 Å². The predicted molar refractivity (Wildman–Crippen MR) is 93.1 cm³/mol. The lowest BCUT2D eigenvalue weighted by molar-refractivity contribution is -0.116. The number of rotatable bonds is 6. The van der Waals surface area contributed by atoms with Crippen molar-refractivity contribution in [2.45, 2.75) is 37.6 Å². The molecule has 3 heterocycles. The first kappa shape index (κ1) is 15.1. The van der Waals surface area contributed by atoms with E-state index in [0.717, 1.165) is 24.2 Å². The third-order valence-electron chi connectivity index (χ3n) is 4.54. The highest BCUT2D eigenvalue weighted by Crippen LogP contribution is 2.34. The van der Waals surface area contributed by atoms with Crippen molar-refractivity contribution in [3.05, 3.63) is 52.7 Å². The number of nitrogens with one attached hydrogen (secondary N) is 2. The number of thiophene rings is 1. The highest BCUT2D eigenvalue weighted by atomic mass is 32.1. The molecule has 1 aliphatic rings. The molecule has 24 heavy (non-hydrogen) atoms. The summed E-state index contributed by atoms with van der Waals surface area (Å²) in [5.74, 6) is 1.65. The smallest absolute Gasteiger partial charge is 0.248 e. The molecule has 6 nitrogen and oxygen atoms in total. The monoisotopic (exact) mass is 341 g/mol. The van der Waals surface area contributed by atoms with Crippen molar-refractivity contribution in [1.29, 1.82) is 0 Å². The number of H-pyrrole nitrogens is 1. The zero-order valence-corrected chi connectivity index (χ0v) is 14.0. The summed E-state index contributed by atoms with van der Waals surface area (Å²) < 4.78 is 2.05. The fourth-order valence-electron chi connectivity index (χ4n) is 2.96. The molecule has 1 saturated carbocycles. The number of hydrogen-bond acceptors (Lipinski definition) is 4. The summed E-state index contributed by atoms with van der Waals surface area (Å²) in [6, 6.07) is 5.98. The van der Waals surface area contributed by atoms with E-state index in [0.29, 0.717) is 18.3 Å².